The summed E-state index contributed by atoms with van der Waals surface area (Å²) in [5.41, 5.74) is 3.06. The number of rotatable bonds is 6. The number of fused-ring (bicyclic) bond motifs is 1. The van der Waals surface area contributed by atoms with Crippen LogP contribution in [-0.2, 0) is 0 Å². The van der Waals surface area contributed by atoms with E-state index in [4.69, 9.17) is 9.15 Å². The third kappa shape index (κ3) is 4.78. The fourth-order valence-corrected chi connectivity index (χ4v) is 3.41. The van der Waals surface area contributed by atoms with Crippen LogP contribution in [0.5, 0.6) is 11.5 Å². The monoisotopic (exact) mass is 449 g/mol. The number of aromatic nitrogens is 2. The molecule has 2 N–H and O–H groups in total. The third-order valence-electron chi connectivity index (χ3n) is 5.09. The van der Waals surface area contributed by atoms with Crippen molar-refractivity contribution in [3.63, 3.8) is 0 Å². The molecule has 1 amide bonds. The van der Waals surface area contributed by atoms with Crippen LogP contribution in [0.1, 0.15) is 21.6 Å². The molecule has 3 aromatic carbocycles. The minimum absolute atomic E-state index is 0.243. The second kappa shape index (κ2) is 9.30. The molecule has 0 spiro atoms. The summed E-state index contributed by atoms with van der Waals surface area (Å²) in [6, 6.07) is 25.4. The molecule has 0 aliphatic heterocycles. The summed E-state index contributed by atoms with van der Waals surface area (Å²) in [5, 5.41) is 11.2. The van der Waals surface area contributed by atoms with Gasteiger partial charge >= 0.3 is 5.63 Å². The Kier molecular flexibility index (Phi) is 5.73. The first-order valence-corrected chi connectivity index (χ1v) is 10.5. The van der Waals surface area contributed by atoms with Crippen molar-refractivity contribution < 1.29 is 13.9 Å². The quantitative estimate of drug-likeness (QED) is 0.345. The fourth-order valence-electron chi connectivity index (χ4n) is 3.41. The summed E-state index contributed by atoms with van der Waals surface area (Å²) in [6.07, 6.45) is 5.11. The van der Waals surface area contributed by atoms with Crippen LogP contribution in [0, 0.1) is 0 Å². The molecule has 0 unspecified atom stereocenters. The van der Waals surface area contributed by atoms with Crippen LogP contribution in [0.15, 0.2) is 100 Å². The molecule has 166 valence electrons. The van der Waals surface area contributed by atoms with Crippen molar-refractivity contribution >= 4 is 34.6 Å². The van der Waals surface area contributed by atoms with E-state index in [-0.39, 0.29) is 5.56 Å². The zero-order chi connectivity index (χ0) is 23.3. The third-order valence-corrected chi connectivity index (χ3v) is 5.09. The van der Waals surface area contributed by atoms with Crippen molar-refractivity contribution in [1.82, 2.24) is 10.2 Å². The van der Waals surface area contributed by atoms with E-state index < -0.39 is 11.5 Å². The van der Waals surface area contributed by atoms with Gasteiger partial charge < -0.3 is 14.5 Å². The molecule has 0 saturated carbocycles. The molecule has 7 nitrogen and oxygen atoms in total. The van der Waals surface area contributed by atoms with Gasteiger partial charge in [0.05, 0.1) is 16.8 Å². The number of amides is 1. The number of hydrogen-bond acceptors (Lipinski definition) is 5. The molecule has 0 aliphatic carbocycles. The molecular weight excluding hydrogens is 430 g/mol. The van der Waals surface area contributed by atoms with E-state index in [0.717, 1.165) is 28.4 Å². The van der Waals surface area contributed by atoms with Gasteiger partial charge in [0.25, 0.3) is 5.91 Å². The molecule has 0 atom stereocenters. The van der Waals surface area contributed by atoms with Crippen molar-refractivity contribution in [2.45, 2.75) is 0 Å². The number of nitrogens with zero attached hydrogens (tertiary/aromatic N) is 1. The van der Waals surface area contributed by atoms with E-state index >= 15 is 0 Å². The summed E-state index contributed by atoms with van der Waals surface area (Å²) < 4.78 is 10.7. The van der Waals surface area contributed by atoms with Gasteiger partial charge in [-0.05, 0) is 42.0 Å². The Balaban J connectivity index is 1.30. The number of carbonyl (C=O) groups is 1. The predicted molar refractivity (Wildman–Crippen MR) is 131 cm³/mol. The maximum absolute atomic E-state index is 12.4. The van der Waals surface area contributed by atoms with Crippen LogP contribution in [0.4, 0.5) is 5.69 Å². The molecule has 2 heterocycles. The predicted octanol–water partition coefficient (Wildman–Crippen LogP) is 5.73. The molecule has 2 aromatic heterocycles. The number of carbonyl (C=O) groups excluding carboxylic acids is 1. The highest BCUT2D eigenvalue weighted by molar-refractivity contribution is 6.04. The first-order valence-electron chi connectivity index (χ1n) is 10.5. The second-order valence-corrected chi connectivity index (χ2v) is 7.49. The fraction of sp³-hybridized carbons (Fsp3) is 0. The smallest absolute Gasteiger partial charge is 0.335 e. The first-order chi connectivity index (χ1) is 16.6. The lowest BCUT2D eigenvalue weighted by Gasteiger charge is -2.09. The molecule has 0 aliphatic rings. The Labute approximate surface area is 194 Å². The maximum Gasteiger partial charge on any atom is 0.335 e. The zero-order valence-electron chi connectivity index (χ0n) is 17.9. The average molecular weight is 449 g/mol. The van der Waals surface area contributed by atoms with Gasteiger partial charge in [-0.25, -0.2) is 4.79 Å². The molecule has 7 heteroatoms. The van der Waals surface area contributed by atoms with Crippen LogP contribution in [-0.4, -0.2) is 16.1 Å². The SMILES string of the molecule is O=C(Nc1cccc(Oc2ccc3c(/C=C/c4ccccc4)n[nH]c3c2)c1)c1ccc(=O)oc1. The van der Waals surface area contributed by atoms with E-state index in [1.54, 1.807) is 24.3 Å². The molecule has 0 saturated heterocycles. The lowest BCUT2D eigenvalue weighted by atomic mass is 10.1. The Morgan fingerprint density at radius 1 is 0.912 bits per heavy atom. The number of hydrogen-bond donors (Lipinski definition) is 2. The number of ether oxygens (including phenoxy) is 1. The highest BCUT2D eigenvalue weighted by Gasteiger charge is 2.09. The van der Waals surface area contributed by atoms with Gasteiger partial charge in [-0.3, -0.25) is 9.89 Å². The van der Waals surface area contributed by atoms with Gasteiger partial charge in [0.1, 0.15) is 17.8 Å². The summed E-state index contributed by atoms with van der Waals surface area (Å²) in [6.45, 7) is 0. The molecule has 5 aromatic rings. The highest BCUT2D eigenvalue weighted by Crippen LogP contribution is 2.28. The Morgan fingerprint density at radius 2 is 1.76 bits per heavy atom. The minimum Gasteiger partial charge on any atom is -0.457 e. The van der Waals surface area contributed by atoms with Crippen LogP contribution in [0.2, 0.25) is 0 Å². The second-order valence-electron chi connectivity index (χ2n) is 7.49. The van der Waals surface area contributed by atoms with Crippen LogP contribution in [0.3, 0.4) is 0 Å². The van der Waals surface area contributed by atoms with Crippen molar-refractivity contribution in [3.8, 4) is 11.5 Å². The van der Waals surface area contributed by atoms with Crippen LogP contribution >= 0.6 is 0 Å². The van der Waals surface area contributed by atoms with Crippen molar-refractivity contribution in [3.05, 3.63) is 118 Å². The molecule has 0 radical (unpaired) electrons. The standard InChI is InChI=1S/C27H19N3O4/c31-26-14-10-19(17-33-26)27(32)28-20-7-4-8-21(15-20)34-22-11-12-23-24(29-30-25(23)16-22)13-9-18-5-2-1-3-6-18/h1-17H,(H,28,32)(H,29,30)/b13-9+. The van der Waals surface area contributed by atoms with Gasteiger partial charge in [-0.1, -0.05) is 42.5 Å². The summed E-state index contributed by atoms with van der Waals surface area (Å²) >= 11 is 0. The van der Waals surface area contributed by atoms with E-state index in [1.165, 1.54) is 12.1 Å². The Bertz CT molecular complexity index is 1530. The number of benzene rings is 3. The van der Waals surface area contributed by atoms with Crippen molar-refractivity contribution in [2.24, 2.45) is 0 Å². The topological polar surface area (TPSA) is 97.2 Å². The lowest BCUT2D eigenvalue weighted by molar-refractivity contribution is 0.102. The van der Waals surface area contributed by atoms with Gasteiger partial charge in [0.2, 0.25) is 0 Å². The highest BCUT2D eigenvalue weighted by atomic mass is 16.5. The molecule has 34 heavy (non-hydrogen) atoms. The summed E-state index contributed by atoms with van der Waals surface area (Å²) in [4.78, 5) is 23.4. The van der Waals surface area contributed by atoms with E-state index in [2.05, 4.69) is 15.5 Å². The number of nitrogens with one attached hydrogen (secondary N) is 2. The van der Waals surface area contributed by atoms with E-state index in [9.17, 15) is 9.59 Å². The normalized spacial score (nSPS) is 11.1. The van der Waals surface area contributed by atoms with Gasteiger partial charge in [-0.2, -0.15) is 5.10 Å². The van der Waals surface area contributed by atoms with E-state index in [0.29, 0.717) is 17.2 Å². The van der Waals surface area contributed by atoms with Crippen molar-refractivity contribution in [1.29, 1.82) is 0 Å². The summed E-state index contributed by atoms with van der Waals surface area (Å²) in [5.74, 6) is 0.791. The van der Waals surface area contributed by atoms with Crippen LogP contribution < -0.4 is 15.7 Å². The Morgan fingerprint density at radius 3 is 2.59 bits per heavy atom. The first kappa shape index (κ1) is 21.0. The maximum atomic E-state index is 12.4. The van der Waals surface area contributed by atoms with Crippen LogP contribution in [0.25, 0.3) is 23.1 Å². The Hall–Kier alpha value is -4.91. The number of anilines is 1. The summed E-state index contributed by atoms with van der Waals surface area (Å²) in [7, 11) is 0. The van der Waals surface area contributed by atoms with Gasteiger partial charge in [0.15, 0.2) is 0 Å². The molecule has 0 bridgehead atoms. The van der Waals surface area contributed by atoms with Gasteiger partial charge in [0, 0.05) is 29.3 Å². The van der Waals surface area contributed by atoms with E-state index in [1.807, 2.05) is 60.7 Å². The average Bonchev–Trinajstić information content (AvgIpc) is 3.26. The molecule has 0 fully saturated rings. The van der Waals surface area contributed by atoms with Crippen molar-refractivity contribution in [2.75, 3.05) is 5.32 Å². The zero-order valence-corrected chi connectivity index (χ0v) is 17.9. The largest absolute Gasteiger partial charge is 0.457 e. The molecule has 5 rings (SSSR count). The lowest BCUT2D eigenvalue weighted by Crippen LogP contribution is -2.12. The molecular formula is C27H19N3O4. The number of aromatic amines is 1. The minimum atomic E-state index is -0.513. The van der Waals surface area contributed by atoms with Gasteiger partial charge in [-0.15, -0.1) is 0 Å². The number of H-pyrrole nitrogens is 1.